The van der Waals surface area contributed by atoms with Gasteiger partial charge in [-0.05, 0) is 68.1 Å². The molecule has 1 saturated heterocycles. The van der Waals surface area contributed by atoms with Crippen LogP contribution in [0.15, 0.2) is 0 Å². The Morgan fingerprint density at radius 1 is 1.17 bits per heavy atom. The molecule has 5 fully saturated rings. The van der Waals surface area contributed by atoms with Crippen LogP contribution in [0.5, 0.6) is 0 Å². The summed E-state index contributed by atoms with van der Waals surface area (Å²) in [5.74, 6) is 1.34. The summed E-state index contributed by atoms with van der Waals surface area (Å²) in [6.07, 6.45) is 9.82. The first-order valence-corrected chi connectivity index (χ1v) is 9.88. The van der Waals surface area contributed by atoms with E-state index >= 15 is 0 Å². The van der Waals surface area contributed by atoms with Crippen LogP contribution in [0.4, 0.5) is 0 Å². The van der Waals surface area contributed by atoms with Crippen molar-refractivity contribution in [1.82, 2.24) is 10.2 Å². The van der Waals surface area contributed by atoms with Crippen molar-refractivity contribution in [1.29, 1.82) is 0 Å². The number of nitrogens with one attached hydrogen (secondary N) is 1. The van der Waals surface area contributed by atoms with Gasteiger partial charge in [-0.2, -0.15) is 0 Å². The topological polar surface area (TPSA) is 49.4 Å². The van der Waals surface area contributed by atoms with E-state index < -0.39 is 0 Å². The van der Waals surface area contributed by atoms with Gasteiger partial charge < -0.3 is 10.2 Å². The molecule has 0 radical (unpaired) electrons. The maximum atomic E-state index is 13.0. The maximum absolute atomic E-state index is 13.0. The fourth-order valence-corrected chi connectivity index (χ4v) is 7.30. The Labute approximate surface area is 145 Å². The molecule has 1 aliphatic heterocycles. The largest absolute Gasteiger partial charge is 0.356 e. The van der Waals surface area contributed by atoms with Gasteiger partial charge in [-0.1, -0.05) is 13.8 Å². The van der Waals surface area contributed by atoms with E-state index in [1.54, 1.807) is 0 Å². The average molecular weight is 332 g/mol. The SMILES string of the molecule is C[C@]12CC3CC(C(=O)NCCCN4CCCC4=O)(C1)C[C@](C)(C3)C2. The van der Waals surface area contributed by atoms with Crippen molar-refractivity contribution in [2.24, 2.45) is 22.2 Å². The number of likely N-dealkylation sites (tertiary alicyclic amines) is 1. The van der Waals surface area contributed by atoms with Gasteiger partial charge in [0.15, 0.2) is 0 Å². The predicted octanol–water partition coefficient (Wildman–Crippen LogP) is 3.11. The summed E-state index contributed by atoms with van der Waals surface area (Å²) in [5.41, 5.74) is 0.660. The van der Waals surface area contributed by atoms with Gasteiger partial charge in [-0.3, -0.25) is 9.59 Å². The fraction of sp³-hybridized carbons (Fsp3) is 0.900. The van der Waals surface area contributed by atoms with E-state index in [1.165, 1.54) is 19.3 Å². The van der Waals surface area contributed by atoms with E-state index in [-0.39, 0.29) is 11.3 Å². The van der Waals surface area contributed by atoms with Crippen LogP contribution in [-0.2, 0) is 9.59 Å². The highest BCUT2D eigenvalue weighted by molar-refractivity contribution is 5.83. The zero-order valence-corrected chi connectivity index (χ0v) is 15.3. The van der Waals surface area contributed by atoms with Crippen LogP contribution in [0.3, 0.4) is 0 Å². The standard InChI is InChI=1S/C20H32N2O2/c1-18-9-15-10-19(2,12-18)14-20(11-15,13-18)17(24)21-6-4-8-22-7-3-5-16(22)23/h15H,3-14H2,1-2H3,(H,21,24)/t15?,18-,19-,20?/m1/s1. The predicted molar refractivity (Wildman–Crippen MR) is 93.3 cm³/mol. The van der Waals surface area contributed by atoms with Crippen LogP contribution in [0.2, 0.25) is 0 Å². The molecule has 5 rings (SSSR count). The van der Waals surface area contributed by atoms with Gasteiger partial charge in [0.1, 0.15) is 0 Å². The molecule has 5 aliphatic rings. The van der Waals surface area contributed by atoms with Gasteiger partial charge in [0, 0.05) is 26.1 Å². The van der Waals surface area contributed by atoms with Crippen molar-refractivity contribution in [3.8, 4) is 0 Å². The molecular weight excluding hydrogens is 300 g/mol. The zero-order valence-electron chi connectivity index (χ0n) is 15.3. The lowest BCUT2D eigenvalue weighted by atomic mass is 9.40. The summed E-state index contributed by atoms with van der Waals surface area (Å²) in [6.45, 7) is 7.23. The number of rotatable bonds is 5. The van der Waals surface area contributed by atoms with Crippen molar-refractivity contribution in [2.75, 3.05) is 19.6 Å². The highest BCUT2D eigenvalue weighted by atomic mass is 16.2. The van der Waals surface area contributed by atoms with E-state index in [9.17, 15) is 9.59 Å². The first-order valence-electron chi connectivity index (χ1n) is 9.88. The monoisotopic (exact) mass is 332 g/mol. The molecule has 4 saturated carbocycles. The summed E-state index contributed by atoms with van der Waals surface area (Å²) in [6, 6.07) is 0. The molecule has 4 bridgehead atoms. The van der Waals surface area contributed by atoms with Crippen LogP contribution in [0.25, 0.3) is 0 Å². The molecule has 2 amide bonds. The molecule has 134 valence electrons. The molecule has 4 nitrogen and oxygen atoms in total. The van der Waals surface area contributed by atoms with E-state index in [0.717, 1.165) is 51.1 Å². The molecule has 0 aromatic heterocycles. The second-order valence-electron chi connectivity index (χ2n) is 10.0. The van der Waals surface area contributed by atoms with Gasteiger partial charge >= 0.3 is 0 Å². The summed E-state index contributed by atoms with van der Waals surface area (Å²) < 4.78 is 0. The fourth-order valence-electron chi connectivity index (χ4n) is 7.30. The van der Waals surface area contributed by atoms with E-state index in [2.05, 4.69) is 19.2 Å². The zero-order chi connectivity index (χ0) is 17.0. The minimum absolute atomic E-state index is 0.105. The second kappa shape index (κ2) is 5.47. The first kappa shape index (κ1) is 16.4. The molecule has 4 heteroatoms. The van der Waals surface area contributed by atoms with Crippen molar-refractivity contribution in [3.05, 3.63) is 0 Å². The number of nitrogens with zero attached hydrogens (tertiary/aromatic N) is 1. The normalized spacial score (nSPS) is 43.5. The highest BCUT2D eigenvalue weighted by Gasteiger charge is 2.62. The van der Waals surface area contributed by atoms with E-state index in [4.69, 9.17) is 0 Å². The molecule has 0 aromatic carbocycles. The molecule has 24 heavy (non-hydrogen) atoms. The van der Waals surface area contributed by atoms with Crippen LogP contribution in [0.1, 0.15) is 71.6 Å². The van der Waals surface area contributed by atoms with Crippen LogP contribution in [0, 0.1) is 22.2 Å². The van der Waals surface area contributed by atoms with Gasteiger partial charge in [-0.25, -0.2) is 0 Å². The summed E-state index contributed by atoms with van der Waals surface area (Å²) in [4.78, 5) is 26.6. The molecular formula is C20H32N2O2. The molecule has 1 heterocycles. The van der Waals surface area contributed by atoms with Crippen molar-refractivity contribution in [2.45, 2.75) is 71.6 Å². The van der Waals surface area contributed by atoms with Gasteiger partial charge in [-0.15, -0.1) is 0 Å². The second-order valence-corrected chi connectivity index (χ2v) is 10.0. The lowest BCUT2D eigenvalue weighted by Crippen LogP contribution is -2.60. The molecule has 1 N–H and O–H groups in total. The highest BCUT2D eigenvalue weighted by Crippen LogP contribution is 2.69. The lowest BCUT2D eigenvalue weighted by Gasteiger charge is -2.64. The Bertz CT molecular complexity index is 540. The Morgan fingerprint density at radius 2 is 1.88 bits per heavy atom. The Kier molecular flexibility index (Phi) is 3.74. The molecule has 4 aliphatic carbocycles. The number of carbonyl (C=O) groups is 2. The van der Waals surface area contributed by atoms with Crippen LogP contribution in [-0.4, -0.2) is 36.3 Å². The number of hydrogen-bond acceptors (Lipinski definition) is 2. The summed E-state index contributed by atoms with van der Waals surface area (Å²) in [5, 5.41) is 3.24. The number of hydrogen-bond donors (Lipinski definition) is 1. The number of carbonyl (C=O) groups excluding carboxylic acids is 2. The third-order valence-corrected chi connectivity index (χ3v) is 7.17. The van der Waals surface area contributed by atoms with Gasteiger partial charge in [0.05, 0.1) is 5.41 Å². The van der Waals surface area contributed by atoms with Gasteiger partial charge in [0.2, 0.25) is 11.8 Å². The van der Waals surface area contributed by atoms with Crippen molar-refractivity contribution in [3.63, 3.8) is 0 Å². The van der Waals surface area contributed by atoms with Gasteiger partial charge in [0.25, 0.3) is 0 Å². The first-order chi connectivity index (χ1) is 11.3. The molecule has 0 aromatic rings. The smallest absolute Gasteiger partial charge is 0.226 e. The quantitative estimate of drug-likeness (QED) is 0.787. The Morgan fingerprint density at radius 3 is 2.46 bits per heavy atom. The van der Waals surface area contributed by atoms with E-state index in [1.807, 2.05) is 4.90 Å². The third kappa shape index (κ3) is 2.76. The van der Waals surface area contributed by atoms with Crippen LogP contribution < -0.4 is 5.32 Å². The summed E-state index contributed by atoms with van der Waals surface area (Å²) >= 11 is 0. The van der Waals surface area contributed by atoms with Crippen molar-refractivity contribution >= 4 is 11.8 Å². The average Bonchev–Trinajstić information content (AvgIpc) is 2.85. The van der Waals surface area contributed by atoms with E-state index in [0.29, 0.717) is 29.7 Å². The lowest BCUT2D eigenvalue weighted by molar-refractivity contribution is -0.170. The van der Waals surface area contributed by atoms with Crippen molar-refractivity contribution < 1.29 is 9.59 Å². The molecule has 0 spiro atoms. The molecule has 0 unspecified atom stereocenters. The van der Waals surface area contributed by atoms with Crippen LogP contribution >= 0.6 is 0 Å². The number of amides is 2. The third-order valence-electron chi connectivity index (χ3n) is 7.17. The minimum atomic E-state index is -0.105. The summed E-state index contributed by atoms with van der Waals surface area (Å²) in [7, 11) is 0. The molecule has 2 atom stereocenters. The Hall–Kier alpha value is -1.06. The maximum Gasteiger partial charge on any atom is 0.226 e. The Balaban J connectivity index is 1.34. The minimum Gasteiger partial charge on any atom is -0.356 e.